The summed E-state index contributed by atoms with van der Waals surface area (Å²) in [5, 5.41) is 6.95. The minimum atomic E-state index is 0.583. The Bertz CT molecular complexity index is 124. The lowest BCUT2D eigenvalue weighted by Gasteiger charge is -1.75. The molecule has 8 heavy (non-hydrogen) atoms. The Balaban J connectivity index is 3.50. The van der Waals surface area contributed by atoms with Gasteiger partial charge in [-0.05, 0) is 17.1 Å². The maximum Gasteiger partial charge on any atom is 0.0282 e. The van der Waals surface area contributed by atoms with Gasteiger partial charge in [0.2, 0.25) is 0 Å². The molecule has 0 fully saturated rings. The van der Waals surface area contributed by atoms with Gasteiger partial charge in [0.05, 0.1) is 0 Å². The molecule has 1 nitrogen and oxygen atoms in total. The fourth-order valence-corrected chi connectivity index (χ4v) is 0.482. The van der Waals surface area contributed by atoms with Gasteiger partial charge in [-0.3, -0.25) is 0 Å². The molecule has 0 aromatic heterocycles. The van der Waals surface area contributed by atoms with E-state index in [4.69, 9.17) is 5.41 Å². The zero-order valence-electron chi connectivity index (χ0n) is 4.69. The van der Waals surface area contributed by atoms with Crippen molar-refractivity contribution >= 4 is 28.3 Å². The predicted molar refractivity (Wildman–Crippen MR) is 45.7 cm³/mol. The number of allylic oxidation sites excluding steroid dienone is 3. The molecular formula is C6H8IN. The van der Waals surface area contributed by atoms with Crippen LogP contribution in [0.3, 0.4) is 0 Å². The van der Waals surface area contributed by atoms with Crippen LogP contribution in [-0.4, -0.2) is 5.71 Å². The summed E-state index contributed by atoms with van der Waals surface area (Å²) in [6.45, 7) is 1.75. The van der Waals surface area contributed by atoms with Gasteiger partial charge in [0.1, 0.15) is 0 Å². The maximum absolute atomic E-state index is 6.95. The third-order valence-corrected chi connectivity index (χ3v) is 0.945. The van der Waals surface area contributed by atoms with Crippen molar-refractivity contribution < 1.29 is 0 Å². The van der Waals surface area contributed by atoms with E-state index in [1.807, 2.05) is 16.2 Å². The molecule has 0 spiro atoms. The smallest absolute Gasteiger partial charge is 0.0282 e. The number of halogens is 1. The fourth-order valence-electron chi connectivity index (χ4n) is 0.242. The fraction of sp³-hybridized carbons (Fsp3) is 0.167. The number of hydrogen-bond acceptors (Lipinski definition) is 1. The van der Waals surface area contributed by atoms with Crippen molar-refractivity contribution in [3.63, 3.8) is 0 Å². The molecule has 0 bridgehead atoms. The highest BCUT2D eigenvalue weighted by Crippen LogP contribution is 1.84. The Hall–Kier alpha value is -0.120. The van der Waals surface area contributed by atoms with Crippen molar-refractivity contribution in [2.45, 2.75) is 6.92 Å². The molecule has 44 valence electrons. The van der Waals surface area contributed by atoms with Crippen molar-refractivity contribution in [1.82, 2.24) is 0 Å². The molecule has 0 radical (unpaired) electrons. The van der Waals surface area contributed by atoms with E-state index in [2.05, 4.69) is 22.6 Å². The lowest BCUT2D eigenvalue weighted by Crippen LogP contribution is -1.74. The summed E-state index contributed by atoms with van der Waals surface area (Å²) in [6.07, 6.45) is 5.47. The lowest BCUT2D eigenvalue weighted by atomic mass is 10.4. The van der Waals surface area contributed by atoms with Gasteiger partial charge in [-0.25, -0.2) is 0 Å². The number of nitrogens with one attached hydrogen (secondary N) is 1. The topological polar surface area (TPSA) is 23.9 Å². The average Bonchev–Trinajstić information content (AvgIpc) is 1.66. The molecule has 1 N–H and O–H groups in total. The maximum atomic E-state index is 6.95. The number of hydrogen-bond donors (Lipinski definition) is 1. The Morgan fingerprint density at radius 3 is 2.50 bits per heavy atom. The summed E-state index contributed by atoms with van der Waals surface area (Å²) in [6, 6.07) is 0. The quantitative estimate of drug-likeness (QED) is 0.421. The van der Waals surface area contributed by atoms with Gasteiger partial charge in [0, 0.05) is 5.71 Å². The molecule has 0 unspecified atom stereocenters. The normalized spacial score (nSPS) is 11.2. The lowest BCUT2D eigenvalue weighted by molar-refractivity contribution is 1.50. The van der Waals surface area contributed by atoms with Crippen LogP contribution >= 0.6 is 22.6 Å². The highest BCUT2D eigenvalue weighted by molar-refractivity contribution is 14.1. The molecule has 0 aromatic rings. The van der Waals surface area contributed by atoms with Crippen LogP contribution in [0, 0.1) is 5.41 Å². The van der Waals surface area contributed by atoms with E-state index >= 15 is 0 Å². The van der Waals surface area contributed by atoms with Gasteiger partial charge in [-0.15, -0.1) is 0 Å². The summed E-state index contributed by atoms with van der Waals surface area (Å²) >= 11 is 2.13. The highest BCUT2D eigenvalue weighted by atomic mass is 127. The van der Waals surface area contributed by atoms with Gasteiger partial charge >= 0.3 is 0 Å². The van der Waals surface area contributed by atoms with Crippen molar-refractivity contribution in [3.8, 4) is 0 Å². The first kappa shape index (κ1) is 7.88. The Morgan fingerprint density at radius 1 is 1.50 bits per heavy atom. The van der Waals surface area contributed by atoms with E-state index in [0.717, 1.165) is 0 Å². The van der Waals surface area contributed by atoms with Gasteiger partial charge in [0.25, 0.3) is 0 Å². The standard InChI is InChI=1S/C6H8IN/c1-6(8)4-2-3-5-7/h2-5,8H,1H3/b4-2-,5-3-,8-6?. The molecule has 0 aliphatic rings. The summed E-state index contributed by atoms with van der Waals surface area (Å²) < 4.78 is 1.90. The molecule has 0 aliphatic heterocycles. The molecule has 0 saturated carbocycles. The van der Waals surface area contributed by atoms with E-state index in [0.29, 0.717) is 5.71 Å². The van der Waals surface area contributed by atoms with Crippen LogP contribution in [-0.2, 0) is 0 Å². The second-order valence-electron chi connectivity index (χ2n) is 1.36. The molecule has 0 heterocycles. The van der Waals surface area contributed by atoms with E-state index in [1.165, 1.54) is 0 Å². The second-order valence-corrected chi connectivity index (χ2v) is 2.08. The highest BCUT2D eigenvalue weighted by Gasteiger charge is 1.69. The monoisotopic (exact) mass is 221 g/mol. The van der Waals surface area contributed by atoms with Crippen LogP contribution in [0.4, 0.5) is 0 Å². The van der Waals surface area contributed by atoms with E-state index in [-0.39, 0.29) is 0 Å². The third kappa shape index (κ3) is 5.88. The zero-order chi connectivity index (χ0) is 6.41. The SMILES string of the molecule is CC(=N)/C=C\C=C/I. The molecule has 2 heteroatoms. The second kappa shape index (κ2) is 5.03. The minimum absolute atomic E-state index is 0.583. The largest absolute Gasteiger partial charge is 0.306 e. The van der Waals surface area contributed by atoms with Crippen LogP contribution in [0.25, 0.3) is 0 Å². The first-order valence-corrected chi connectivity index (χ1v) is 3.50. The summed E-state index contributed by atoms with van der Waals surface area (Å²) in [5.41, 5.74) is 0.583. The van der Waals surface area contributed by atoms with Crippen LogP contribution in [0.1, 0.15) is 6.92 Å². The van der Waals surface area contributed by atoms with E-state index in [1.54, 1.807) is 13.0 Å². The summed E-state index contributed by atoms with van der Waals surface area (Å²) in [4.78, 5) is 0. The van der Waals surface area contributed by atoms with Crippen LogP contribution in [0.15, 0.2) is 22.3 Å². The Kier molecular flexibility index (Phi) is 4.95. The van der Waals surface area contributed by atoms with E-state index in [9.17, 15) is 0 Å². The van der Waals surface area contributed by atoms with Crippen molar-refractivity contribution in [2.75, 3.05) is 0 Å². The molecule has 0 saturated heterocycles. The zero-order valence-corrected chi connectivity index (χ0v) is 6.84. The van der Waals surface area contributed by atoms with Crippen LogP contribution in [0.2, 0.25) is 0 Å². The third-order valence-electron chi connectivity index (χ3n) is 0.530. The van der Waals surface area contributed by atoms with Crippen LogP contribution < -0.4 is 0 Å². The molecule has 0 aliphatic carbocycles. The van der Waals surface area contributed by atoms with Gasteiger partial charge in [0.15, 0.2) is 0 Å². The first-order chi connectivity index (χ1) is 3.77. The van der Waals surface area contributed by atoms with Crippen LogP contribution in [0.5, 0.6) is 0 Å². The predicted octanol–water partition coefficient (Wildman–Crippen LogP) is 2.53. The van der Waals surface area contributed by atoms with Crippen molar-refractivity contribution in [3.05, 3.63) is 22.3 Å². The molecular weight excluding hydrogens is 213 g/mol. The number of rotatable bonds is 2. The van der Waals surface area contributed by atoms with E-state index < -0.39 is 0 Å². The molecule has 0 amide bonds. The molecule has 0 rings (SSSR count). The van der Waals surface area contributed by atoms with Gasteiger partial charge in [-0.1, -0.05) is 34.7 Å². The summed E-state index contributed by atoms with van der Waals surface area (Å²) in [7, 11) is 0. The van der Waals surface area contributed by atoms with Crippen molar-refractivity contribution in [2.24, 2.45) is 0 Å². The van der Waals surface area contributed by atoms with Gasteiger partial charge < -0.3 is 5.41 Å². The first-order valence-electron chi connectivity index (χ1n) is 2.26. The minimum Gasteiger partial charge on any atom is -0.306 e. The Labute approximate surface area is 63.1 Å². The molecule has 0 aromatic carbocycles. The average molecular weight is 221 g/mol. The Morgan fingerprint density at radius 2 is 2.12 bits per heavy atom. The van der Waals surface area contributed by atoms with Crippen molar-refractivity contribution in [1.29, 1.82) is 5.41 Å². The molecule has 0 atom stereocenters. The van der Waals surface area contributed by atoms with Gasteiger partial charge in [-0.2, -0.15) is 0 Å². The summed E-state index contributed by atoms with van der Waals surface area (Å²) in [5.74, 6) is 0.